The number of aromatic nitrogens is 30. The predicted octanol–water partition coefficient (Wildman–Crippen LogP) is 23.0. The molecule has 0 aliphatic rings. The molecule has 0 atom stereocenters. The van der Waals surface area contributed by atoms with Gasteiger partial charge in [-0.05, 0) is 213 Å². The zero-order valence-corrected chi connectivity index (χ0v) is 66.8. The highest BCUT2D eigenvalue weighted by Gasteiger charge is 2.05. The molecule has 1 aromatic carbocycles. The number of pyridine rings is 3. The zero-order valence-electron chi connectivity index (χ0n) is 66.0. The van der Waals surface area contributed by atoms with E-state index in [1.807, 2.05) is 220 Å². The molecular weight excluding hydrogens is 1530 g/mol. The Balaban J connectivity index is -0.000000294. The fourth-order valence-electron chi connectivity index (χ4n) is 9.66. The van der Waals surface area contributed by atoms with Crippen LogP contribution in [0.3, 0.4) is 0 Å². The molecule has 17 heterocycles. The van der Waals surface area contributed by atoms with Crippen LogP contribution in [0.15, 0.2) is 103 Å². The first kappa shape index (κ1) is 118. The van der Waals surface area contributed by atoms with Crippen LogP contribution in [0.1, 0.15) is 226 Å². The predicted molar refractivity (Wildman–Crippen MR) is 506 cm³/mol. The summed E-state index contributed by atoms with van der Waals surface area (Å²) in [5.74, 6) is 11.5. The molecule has 0 spiro atoms. The van der Waals surface area contributed by atoms with Crippen molar-refractivity contribution in [2.75, 3.05) is 0 Å². The molecule has 0 aliphatic heterocycles. The van der Waals surface area contributed by atoms with Crippen LogP contribution in [0, 0.1) is 166 Å². The number of hydrogen-bond donors (Lipinski definition) is 10. The van der Waals surface area contributed by atoms with E-state index in [1.54, 1.807) is 29.9 Å². The van der Waals surface area contributed by atoms with Gasteiger partial charge in [0, 0.05) is 65.1 Å². The Hall–Kier alpha value is -12.7. The van der Waals surface area contributed by atoms with Crippen molar-refractivity contribution in [3.05, 3.63) is 235 Å². The molecule has 18 aromatic rings. The highest BCUT2D eigenvalue weighted by molar-refractivity contribution is 7.11. The highest BCUT2D eigenvalue weighted by Crippen LogP contribution is 2.15. The van der Waals surface area contributed by atoms with Crippen LogP contribution in [0.4, 0.5) is 0 Å². The molecule has 0 fully saturated rings. The molecule has 32 heteroatoms. The summed E-state index contributed by atoms with van der Waals surface area (Å²) in [5, 5.41) is 14.3. The van der Waals surface area contributed by atoms with Crippen molar-refractivity contribution in [2.24, 2.45) is 0 Å². The van der Waals surface area contributed by atoms with E-state index in [0.717, 1.165) is 187 Å². The average Bonchev–Trinajstić information content (AvgIpc) is 1.73. The molecule has 18 rings (SSSR count). The van der Waals surface area contributed by atoms with Gasteiger partial charge in [-0.15, -0.1) is 11.3 Å². The van der Waals surface area contributed by atoms with E-state index < -0.39 is 0 Å². The monoisotopic (exact) mass is 1670 g/mol. The number of thiazole rings is 1. The summed E-state index contributed by atoms with van der Waals surface area (Å²) in [7, 11) is 0. The van der Waals surface area contributed by atoms with Crippen LogP contribution < -0.4 is 0 Å². The maximum Gasteiger partial charge on any atom is 0.197 e. The SMILES string of the molecule is C.C.C.C.C.C.C.C.C.C.C.C.Cc1cc(C)[nH]n1.Cc1cc2nc(C)[nH]c2cn1.Cc1ccc2[nH]c(C)nc2n1.Cc1ccc2nc(C)[nH]c2c1.Cc1cnc(C)[nH]1.Cc1cnc(C)[nH]1.Cc1cnc(C)o1.Cc1cnc(C)s1.Cc1cnc2nc(C)[nH]c2c1.Cc1cnc2nc(C)[nH]c2n1.Cc1n[nH]c(C)n1.Cc1ncc2[nH]c(C)nc2n1. The van der Waals surface area contributed by atoms with Crippen molar-refractivity contribution in [3.8, 4) is 0 Å². The lowest BCUT2D eigenvalue weighted by Crippen LogP contribution is -1.85. The lowest BCUT2D eigenvalue weighted by atomic mass is 10.2. The van der Waals surface area contributed by atoms with E-state index in [2.05, 4.69) is 176 Å². The maximum atomic E-state index is 4.97. The van der Waals surface area contributed by atoms with Crippen LogP contribution in [-0.2, 0) is 0 Å². The van der Waals surface area contributed by atoms with Gasteiger partial charge in [-0.25, -0.2) is 84.7 Å². The summed E-state index contributed by atoms with van der Waals surface area (Å²) in [4.78, 5) is 100. The molecule has 120 heavy (non-hydrogen) atoms. The molecule has 17 aromatic heterocycles. The Morgan fingerprint density at radius 3 is 1.24 bits per heavy atom. The van der Waals surface area contributed by atoms with Gasteiger partial charge in [0.2, 0.25) is 0 Å². The van der Waals surface area contributed by atoms with E-state index in [-0.39, 0.29) is 89.1 Å². The third kappa shape index (κ3) is 40.9. The van der Waals surface area contributed by atoms with Gasteiger partial charge in [0.1, 0.15) is 75.3 Å². The Labute approximate surface area is 718 Å². The van der Waals surface area contributed by atoms with Crippen LogP contribution in [0.25, 0.3) is 66.9 Å². The molecule has 31 nitrogen and oxygen atoms in total. The van der Waals surface area contributed by atoms with Crippen molar-refractivity contribution in [1.29, 1.82) is 0 Å². The number of aryl methyl sites for hydroxylation is 24. The molecule has 0 unspecified atom stereocenters. The second kappa shape index (κ2) is 57.4. The number of nitrogens with one attached hydrogen (secondary N) is 10. The van der Waals surface area contributed by atoms with Gasteiger partial charge in [0.15, 0.2) is 34.1 Å². The summed E-state index contributed by atoms with van der Waals surface area (Å²) >= 11 is 1.73. The number of nitrogens with zero attached hydrogens (tertiary/aromatic N) is 20. The van der Waals surface area contributed by atoms with Crippen LogP contribution in [0.5, 0.6) is 0 Å². The fourth-order valence-corrected chi connectivity index (χ4v) is 10.3. The van der Waals surface area contributed by atoms with Crippen molar-refractivity contribution in [3.63, 3.8) is 0 Å². The number of oxazole rings is 1. The van der Waals surface area contributed by atoms with Gasteiger partial charge in [-0.3, -0.25) is 15.2 Å². The molecule has 0 saturated carbocycles. The minimum atomic E-state index is 0. The first-order valence-corrected chi connectivity index (χ1v) is 35.3. The first-order valence-electron chi connectivity index (χ1n) is 34.5. The molecule has 0 aliphatic carbocycles. The van der Waals surface area contributed by atoms with E-state index in [9.17, 15) is 0 Å². The Morgan fingerprint density at radius 1 is 0.267 bits per heavy atom. The third-order valence-electron chi connectivity index (χ3n) is 14.2. The summed E-state index contributed by atoms with van der Waals surface area (Å²) in [6.45, 7) is 46.6. The number of H-pyrrole nitrogens is 10. The van der Waals surface area contributed by atoms with E-state index in [4.69, 9.17) is 4.42 Å². The standard InChI is InChI=1S/C9H10N2.3C8H9N3.2C7H8N4.3C5H8N2.C5H7NO.C5H7NS.C4H7N3.12CH4/c1-6-3-4-8-9(5-6)11-7(2)10-8;1-5-3-7-8(4-9-5)11-6(2)10-7;1-5-3-7-8(9-4-5)11-6(2)10-7;1-5-3-4-7-8(9-5)11-6(2)10-7;1-4-8-3-6-7(10-4)11-5(2)9-6;1-4-3-8-6-7(9-4)11-5(2)10-6;2*1-4-3-6-5(2)7-4;1-4-3-5(2)7-6-4;2*1-4-3-6-5(2)7-4;1-3-5-4(2)7-6-3;;;;;;;;;;;;/h3-5H,1-2H3,(H,10,11);3-4H,1-2H3,(H,10,11);2*3-4H,1-2H3,(H,9,10,11);2*3H,1-2H3,(H,8,9,10,11);3*3H,1-2H3,(H,6,7);2*3H,1-2H3;1-2H3,(H,5,6,7);12*1H4. The van der Waals surface area contributed by atoms with E-state index >= 15 is 0 Å². The smallest absolute Gasteiger partial charge is 0.197 e. The van der Waals surface area contributed by atoms with Gasteiger partial charge >= 0.3 is 0 Å². The lowest BCUT2D eigenvalue weighted by Gasteiger charge is -1.89. The molecule has 660 valence electrons. The van der Waals surface area contributed by atoms with Crippen molar-refractivity contribution >= 4 is 78.2 Å². The van der Waals surface area contributed by atoms with E-state index in [1.165, 1.54) is 10.4 Å². The van der Waals surface area contributed by atoms with Crippen LogP contribution >= 0.6 is 11.3 Å². The Bertz CT molecular complexity index is 4730. The zero-order chi connectivity index (χ0) is 78.7. The molecule has 0 amide bonds. The molecule has 0 bridgehead atoms. The number of aromatic amines is 10. The fraction of sp³-hybridized carbons (Fsp3) is 0.409. The summed E-state index contributed by atoms with van der Waals surface area (Å²) in [6, 6.07) is 16.2. The number of hydrogen-bond acceptors (Lipinski definition) is 22. The van der Waals surface area contributed by atoms with Crippen molar-refractivity contribution in [2.45, 2.75) is 255 Å². The van der Waals surface area contributed by atoms with Gasteiger partial charge < -0.3 is 44.3 Å². The average molecular weight is 1670 g/mol. The van der Waals surface area contributed by atoms with Crippen molar-refractivity contribution in [1.82, 2.24) is 150 Å². The quantitative estimate of drug-likeness (QED) is 0.0674. The highest BCUT2D eigenvalue weighted by atomic mass is 32.1. The Kier molecular flexibility index (Phi) is 56.5. The van der Waals surface area contributed by atoms with Gasteiger partial charge in [0.25, 0.3) is 0 Å². The number of benzene rings is 1. The molecule has 10 N–H and O–H groups in total. The third-order valence-corrected chi connectivity index (χ3v) is 15.0. The second-order valence-electron chi connectivity index (χ2n) is 25.3. The minimum Gasteiger partial charge on any atom is -0.446 e. The normalized spacial score (nSPS) is 9.20. The van der Waals surface area contributed by atoms with Gasteiger partial charge in [-0.2, -0.15) is 10.2 Å². The maximum absolute atomic E-state index is 4.97. The lowest BCUT2D eigenvalue weighted by molar-refractivity contribution is 0.494. The largest absolute Gasteiger partial charge is 0.446 e. The number of imidazole rings is 8. The van der Waals surface area contributed by atoms with Crippen molar-refractivity contribution < 1.29 is 4.42 Å². The Morgan fingerprint density at radius 2 is 0.783 bits per heavy atom. The molecular formula is C88H146N30OS. The molecule has 0 radical (unpaired) electrons. The summed E-state index contributed by atoms with van der Waals surface area (Å²) < 4.78 is 4.97. The minimum absolute atomic E-state index is 0. The second-order valence-corrected chi connectivity index (χ2v) is 26.7. The first-order chi connectivity index (χ1) is 51.3. The summed E-state index contributed by atoms with van der Waals surface area (Å²) in [5.41, 5.74) is 20.7. The van der Waals surface area contributed by atoms with Crippen LogP contribution in [0.2, 0.25) is 0 Å². The van der Waals surface area contributed by atoms with Crippen LogP contribution in [-0.4, -0.2) is 150 Å². The molecule has 0 saturated heterocycles. The number of rotatable bonds is 0. The topological polar surface area (TPSA) is 429 Å². The van der Waals surface area contributed by atoms with Gasteiger partial charge in [0.05, 0.1) is 74.3 Å². The van der Waals surface area contributed by atoms with Gasteiger partial charge in [-0.1, -0.05) is 95.2 Å². The van der Waals surface area contributed by atoms with E-state index in [0.29, 0.717) is 5.65 Å². The number of fused-ring (bicyclic) bond motifs is 6. The summed E-state index contributed by atoms with van der Waals surface area (Å²) in [6.07, 6.45) is 14.3.